The number of fused-ring (bicyclic) bond motifs is 1. The molecule has 2 heterocycles. The van der Waals surface area contributed by atoms with Crippen molar-refractivity contribution < 1.29 is 19.2 Å². The Morgan fingerprint density at radius 1 is 1.18 bits per heavy atom. The van der Waals surface area contributed by atoms with Crippen molar-refractivity contribution in [1.29, 1.82) is 0 Å². The van der Waals surface area contributed by atoms with Crippen LogP contribution in [0.5, 0.6) is 11.5 Å². The molecule has 1 aromatic heterocycles. The zero-order valence-corrected chi connectivity index (χ0v) is 17.5. The molecular formula is C21H31N4O3+. The van der Waals surface area contributed by atoms with E-state index in [1.165, 1.54) is 16.0 Å². The third kappa shape index (κ3) is 4.30. The Morgan fingerprint density at radius 2 is 1.82 bits per heavy atom. The number of nitrogens with zero attached hydrogens (tertiary/aromatic N) is 2. The number of hydrogen-bond donors (Lipinski definition) is 2. The van der Waals surface area contributed by atoms with Crippen molar-refractivity contribution in [1.82, 2.24) is 9.78 Å². The van der Waals surface area contributed by atoms with Crippen molar-refractivity contribution in [2.75, 3.05) is 31.6 Å². The van der Waals surface area contributed by atoms with Gasteiger partial charge in [-0.05, 0) is 45.4 Å². The van der Waals surface area contributed by atoms with Crippen LogP contribution in [0.1, 0.15) is 36.4 Å². The Morgan fingerprint density at radius 3 is 2.39 bits per heavy atom. The molecule has 2 aromatic rings. The molecule has 28 heavy (non-hydrogen) atoms. The van der Waals surface area contributed by atoms with Crippen LogP contribution in [0, 0.1) is 13.8 Å². The van der Waals surface area contributed by atoms with Crippen molar-refractivity contribution in [3.63, 3.8) is 0 Å². The van der Waals surface area contributed by atoms with Gasteiger partial charge in [-0.3, -0.25) is 9.48 Å². The van der Waals surface area contributed by atoms with Gasteiger partial charge in [0.05, 0.1) is 36.8 Å². The van der Waals surface area contributed by atoms with Crippen LogP contribution in [0.4, 0.5) is 5.69 Å². The molecule has 1 aliphatic rings. The van der Waals surface area contributed by atoms with Crippen LogP contribution in [0.15, 0.2) is 12.1 Å². The Balaban J connectivity index is 1.69. The van der Waals surface area contributed by atoms with Gasteiger partial charge in [0.15, 0.2) is 18.0 Å². The number of benzene rings is 1. The van der Waals surface area contributed by atoms with Gasteiger partial charge in [-0.25, -0.2) is 0 Å². The van der Waals surface area contributed by atoms with Gasteiger partial charge >= 0.3 is 0 Å². The zero-order chi connectivity index (χ0) is 20.3. The second-order valence-corrected chi connectivity index (χ2v) is 7.25. The van der Waals surface area contributed by atoms with E-state index in [-0.39, 0.29) is 5.91 Å². The number of anilines is 1. The van der Waals surface area contributed by atoms with Crippen molar-refractivity contribution >= 4 is 11.6 Å². The first kappa shape index (κ1) is 20.2. The maximum absolute atomic E-state index is 12.6. The fourth-order valence-electron chi connectivity index (χ4n) is 3.76. The first-order valence-corrected chi connectivity index (χ1v) is 9.97. The van der Waals surface area contributed by atoms with Crippen LogP contribution in [-0.4, -0.2) is 42.0 Å². The first-order valence-electron chi connectivity index (χ1n) is 9.97. The molecule has 7 heteroatoms. The Hall–Kier alpha value is -2.54. The van der Waals surface area contributed by atoms with E-state index in [1.54, 1.807) is 4.68 Å². The highest BCUT2D eigenvalue weighted by molar-refractivity contribution is 5.92. The van der Waals surface area contributed by atoms with E-state index in [9.17, 15) is 4.79 Å². The number of quaternary nitrogens is 1. The lowest BCUT2D eigenvalue weighted by Crippen LogP contribution is -3.12. The van der Waals surface area contributed by atoms with Gasteiger partial charge in [-0.2, -0.15) is 5.10 Å². The van der Waals surface area contributed by atoms with Crippen LogP contribution in [0.2, 0.25) is 0 Å². The van der Waals surface area contributed by atoms with Crippen molar-refractivity contribution in [2.24, 2.45) is 7.05 Å². The summed E-state index contributed by atoms with van der Waals surface area (Å²) in [6.07, 6.45) is 0.926. The lowest BCUT2D eigenvalue weighted by Gasteiger charge is -2.26. The summed E-state index contributed by atoms with van der Waals surface area (Å²) in [6.45, 7) is 11.2. The van der Waals surface area contributed by atoms with Gasteiger partial charge in [-0.15, -0.1) is 0 Å². The SMILES string of the molecule is CCOc1cc2c(cc1OCC)C[NH+](CC(=O)Nc1c(C)nn(C)c1C)CC2. The molecule has 1 aliphatic heterocycles. The third-order valence-corrected chi connectivity index (χ3v) is 5.24. The number of carbonyl (C=O) groups excluding carboxylic acids is 1. The molecule has 7 nitrogen and oxygen atoms in total. The predicted molar refractivity (Wildman–Crippen MR) is 108 cm³/mol. The lowest BCUT2D eigenvalue weighted by atomic mass is 9.98. The largest absolute Gasteiger partial charge is 0.490 e. The molecule has 1 unspecified atom stereocenters. The molecule has 2 N–H and O–H groups in total. The highest BCUT2D eigenvalue weighted by Crippen LogP contribution is 2.32. The minimum absolute atomic E-state index is 0.0219. The topological polar surface area (TPSA) is 69.8 Å². The average Bonchev–Trinajstić information content (AvgIpc) is 2.89. The Kier molecular flexibility index (Phi) is 6.24. The van der Waals surface area contributed by atoms with E-state index in [4.69, 9.17) is 9.47 Å². The summed E-state index contributed by atoms with van der Waals surface area (Å²) < 4.78 is 13.3. The summed E-state index contributed by atoms with van der Waals surface area (Å²) in [7, 11) is 1.89. The standard InChI is InChI=1S/C21H30N4O3/c1-6-27-18-10-16-8-9-25(12-17(16)11-19(18)28-7-2)13-20(26)22-21-14(3)23-24(5)15(21)4/h10-11H,6-9,12-13H2,1-5H3,(H,22,26)/p+1. The van der Waals surface area contributed by atoms with Gasteiger partial charge in [0.2, 0.25) is 0 Å². The highest BCUT2D eigenvalue weighted by Gasteiger charge is 2.25. The molecule has 3 rings (SSSR count). The number of ether oxygens (including phenoxy) is 2. The van der Waals surface area contributed by atoms with Crippen LogP contribution in [0.25, 0.3) is 0 Å². The van der Waals surface area contributed by atoms with Crippen molar-refractivity contribution in [3.05, 3.63) is 34.6 Å². The fraction of sp³-hybridized carbons (Fsp3) is 0.524. The van der Waals surface area contributed by atoms with Gasteiger partial charge in [0.1, 0.15) is 6.54 Å². The zero-order valence-electron chi connectivity index (χ0n) is 17.5. The molecule has 0 bridgehead atoms. The summed E-state index contributed by atoms with van der Waals surface area (Å²) in [5.41, 5.74) is 5.15. The quantitative estimate of drug-likeness (QED) is 0.754. The number of hydrogen-bond acceptors (Lipinski definition) is 4. The molecule has 1 amide bonds. The molecule has 0 spiro atoms. The van der Waals surface area contributed by atoms with E-state index in [0.29, 0.717) is 19.8 Å². The minimum Gasteiger partial charge on any atom is -0.490 e. The summed E-state index contributed by atoms with van der Waals surface area (Å²) in [5.74, 6) is 1.62. The van der Waals surface area contributed by atoms with Crippen LogP contribution in [-0.2, 0) is 24.8 Å². The number of amides is 1. The third-order valence-electron chi connectivity index (χ3n) is 5.24. The van der Waals surface area contributed by atoms with E-state index < -0.39 is 0 Å². The molecule has 0 radical (unpaired) electrons. The molecule has 0 fully saturated rings. The van der Waals surface area contributed by atoms with E-state index in [0.717, 1.165) is 48.1 Å². The van der Waals surface area contributed by atoms with Crippen LogP contribution < -0.4 is 19.7 Å². The summed E-state index contributed by atoms with van der Waals surface area (Å²) in [6, 6.07) is 4.18. The smallest absolute Gasteiger partial charge is 0.279 e. The maximum atomic E-state index is 12.6. The molecule has 1 atom stereocenters. The maximum Gasteiger partial charge on any atom is 0.279 e. The second kappa shape index (κ2) is 8.65. The van der Waals surface area contributed by atoms with Gasteiger partial charge in [-0.1, -0.05) is 0 Å². The summed E-state index contributed by atoms with van der Waals surface area (Å²) in [4.78, 5) is 13.8. The van der Waals surface area contributed by atoms with E-state index in [2.05, 4.69) is 22.5 Å². The van der Waals surface area contributed by atoms with Gasteiger partial charge in [0, 0.05) is 19.0 Å². The lowest BCUT2D eigenvalue weighted by molar-refractivity contribution is -0.907. The fourth-order valence-corrected chi connectivity index (χ4v) is 3.76. The van der Waals surface area contributed by atoms with Crippen LogP contribution >= 0.6 is 0 Å². The minimum atomic E-state index is 0.0219. The van der Waals surface area contributed by atoms with Gasteiger partial charge in [0.25, 0.3) is 5.91 Å². The van der Waals surface area contributed by atoms with Crippen LogP contribution in [0.3, 0.4) is 0 Å². The average molecular weight is 388 g/mol. The molecule has 0 aliphatic carbocycles. The van der Waals surface area contributed by atoms with E-state index in [1.807, 2.05) is 34.7 Å². The summed E-state index contributed by atoms with van der Waals surface area (Å²) in [5, 5.41) is 7.40. The number of carbonyl (C=O) groups is 1. The molecule has 0 saturated heterocycles. The predicted octanol–water partition coefficient (Wildman–Crippen LogP) is 1.41. The molecule has 0 saturated carbocycles. The van der Waals surface area contributed by atoms with E-state index >= 15 is 0 Å². The monoisotopic (exact) mass is 387 g/mol. The number of aromatic nitrogens is 2. The number of rotatable bonds is 7. The number of nitrogens with one attached hydrogen (secondary N) is 2. The normalized spacial score (nSPS) is 15.8. The van der Waals surface area contributed by atoms with Crippen molar-refractivity contribution in [3.8, 4) is 11.5 Å². The Bertz CT molecular complexity index is 860. The number of aryl methyl sites for hydroxylation is 2. The first-order chi connectivity index (χ1) is 13.4. The summed E-state index contributed by atoms with van der Waals surface area (Å²) >= 11 is 0. The van der Waals surface area contributed by atoms with Crippen molar-refractivity contribution in [2.45, 2.75) is 40.7 Å². The molecular weight excluding hydrogens is 356 g/mol. The Labute approximate surface area is 166 Å². The highest BCUT2D eigenvalue weighted by atomic mass is 16.5. The molecule has 152 valence electrons. The second-order valence-electron chi connectivity index (χ2n) is 7.25. The molecule has 1 aromatic carbocycles. The van der Waals surface area contributed by atoms with Gasteiger partial charge < -0.3 is 19.7 Å².